The van der Waals surface area contributed by atoms with E-state index in [0.29, 0.717) is 17.7 Å². The predicted octanol–water partition coefficient (Wildman–Crippen LogP) is 3.11. The zero-order valence-electron chi connectivity index (χ0n) is 11.2. The summed E-state index contributed by atoms with van der Waals surface area (Å²) in [5.41, 5.74) is 1.05. The highest BCUT2D eigenvalue weighted by atomic mass is 16.2. The molecule has 0 saturated heterocycles. The van der Waals surface area contributed by atoms with Crippen LogP contribution >= 0.6 is 0 Å². The van der Waals surface area contributed by atoms with Crippen LogP contribution in [0, 0.1) is 5.41 Å². The molecule has 0 radical (unpaired) electrons. The number of hydrogen-bond donors (Lipinski definition) is 0. The summed E-state index contributed by atoms with van der Waals surface area (Å²) in [6.07, 6.45) is 2.05. The van der Waals surface area contributed by atoms with E-state index in [1.807, 2.05) is 0 Å². The first kappa shape index (κ1) is 12.8. The minimum absolute atomic E-state index is 0.0257. The normalized spacial score (nSPS) is 15.2. The van der Waals surface area contributed by atoms with Crippen molar-refractivity contribution in [2.45, 2.75) is 33.6 Å². The maximum atomic E-state index is 12.2. The third kappa shape index (κ3) is 2.17. The van der Waals surface area contributed by atoms with Crippen LogP contribution in [0.15, 0.2) is 24.3 Å². The summed E-state index contributed by atoms with van der Waals surface area (Å²) in [7, 11) is 0. The molecule has 1 aliphatic rings. The summed E-state index contributed by atoms with van der Waals surface area (Å²) in [4.78, 5) is 25.8. The zero-order chi connectivity index (χ0) is 13.3. The number of imide groups is 1. The highest BCUT2D eigenvalue weighted by molar-refractivity contribution is 6.21. The lowest BCUT2D eigenvalue weighted by Gasteiger charge is -2.28. The molecule has 1 aromatic carbocycles. The molecular weight excluding hydrogens is 226 g/mol. The standard InChI is InChI=1S/C15H19NO2/c1-4-9-15(2,3)10-16-13(17)11-7-5-6-8-12(11)14(16)18/h5-8H,4,9-10H2,1-3H3. The van der Waals surface area contributed by atoms with E-state index in [0.717, 1.165) is 12.8 Å². The monoisotopic (exact) mass is 245 g/mol. The quantitative estimate of drug-likeness (QED) is 0.764. The van der Waals surface area contributed by atoms with Crippen molar-refractivity contribution >= 4 is 11.8 Å². The van der Waals surface area contributed by atoms with Crippen LogP contribution in [0.5, 0.6) is 0 Å². The third-order valence-electron chi connectivity index (χ3n) is 3.39. The Labute approximate surface area is 108 Å². The Morgan fingerprint density at radius 1 is 1.06 bits per heavy atom. The van der Waals surface area contributed by atoms with Crippen LogP contribution in [0.3, 0.4) is 0 Å². The number of amides is 2. The lowest BCUT2D eigenvalue weighted by atomic mass is 9.87. The molecule has 0 spiro atoms. The molecule has 18 heavy (non-hydrogen) atoms. The van der Waals surface area contributed by atoms with E-state index in [1.54, 1.807) is 24.3 Å². The van der Waals surface area contributed by atoms with E-state index >= 15 is 0 Å². The van der Waals surface area contributed by atoms with E-state index < -0.39 is 0 Å². The topological polar surface area (TPSA) is 37.4 Å². The van der Waals surface area contributed by atoms with Crippen molar-refractivity contribution in [3.8, 4) is 0 Å². The molecule has 96 valence electrons. The van der Waals surface area contributed by atoms with Crippen LogP contribution < -0.4 is 0 Å². The second-order valence-electron chi connectivity index (χ2n) is 5.66. The summed E-state index contributed by atoms with van der Waals surface area (Å²) < 4.78 is 0. The first-order valence-electron chi connectivity index (χ1n) is 6.41. The fourth-order valence-electron chi connectivity index (χ4n) is 2.57. The van der Waals surface area contributed by atoms with Crippen LogP contribution in [0.4, 0.5) is 0 Å². The number of benzene rings is 1. The van der Waals surface area contributed by atoms with E-state index in [2.05, 4.69) is 20.8 Å². The Morgan fingerprint density at radius 2 is 1.56 bits per heavy atom. The van der Waals surface area contributed by atoms with Gasteiger partial charge in [-0.1, -0.05) is 39.3 Å². The number of nitrogens with zero attached hydrogens (tertiary/aromatic N) is 1. The Kier molecular flexibility index (Phi) is 3.24. The molecule has 0 aromatic heterocycles. The Bertz CT molecular complexity index is 456. The second-order valence-corrected chi connectivity index (χ2v) is 5.66. The van der Waals surface area contributed by atoms with Crippen molar-refractivity contribution in [2.24, 2.45) is 5.41 Å². The predicted molar refractivity (Wildman–Crippen MR) is 70.5 cm³/mol. The van der Waals surface area contributed by atoms with Gasteiger partial charge in [0.05, 0.1) is 11.1 Å². The summed E-state index contributed by atoms with van der Waals surface area (Å²) in [6.45, 7) is 6.80. The number of carbonyl (C=O) groups is 2. The van der Waals surface area contributed by atoms with Gasteiger partial charge in [-0.15, -0.1) is 0 Å². The van der Waals surface area contributed by atoms with Gasteiger partial charge in [0.1, 0.15) is 0 Å². The molecule has 1 aliphatic heterocycles. The average molecular weight is 245 g/mol. The molecule has 0 N–H and O–H groups in total. The molecule has 0 saturated carbocycles. The fourth-order valence-corrected chi connectivity index (χ4v) is 2.57. The second kappa shape index (κ2) is 4.56. The Morgan fingerprint density at radius 3 is 2.00 bits per heavy atom. The minimum Gasteiger partial charge on any atom is -0.274 e. The molecule has 0 unspecified atom stereocenters. The molecule has 1 heterocycles. The van der Waals surface area contributed by atoms with Gasteiger partial charge in [0.2, 0.25) is 0 Å². The Hall–Kier alpha value is -1.64. The number of rotatable bonds is 4. The van der Waals surface area contributed by atoms with Gasteiger partial charge < -0.3 is 0 Å². The van der Waals surface area contributed by atoms with Gasteiger partial charge in [-0.3, -0.25) is 14.5 Å². The van der Waals surface area contributed by atoms with Crippen molar-refractivity contribution in [1.29, 1.82) is 0 Å². The fraction of sp³-hybridized carbons (Fsp3) is 0.467. The van der Waals surface area contributed by atoms with Gasteiger partial charge in [-0.25, -0.2) is 0 Å². The highest BCUT2D eigenvalue weighted by Crippen LogP contribution is 2.29. The molecule has 2 rings (SSSR count). The lowest BCUT2D eigenvalue weighted by molar-refractivity contribution is 0.0584. The first-order valence-corrected chi connectivity index (χ1v) is 6.41. The maximum absolute atomic E-state index is 12.2. The van der Waals surface area contributed by atoms with Crippen LogP contribution in [-0.4, -0.2) is 23.3 Å². The largest absolute Gasteiger partial charge is 0.274 e. The van der Waals surface area contributed by atoms with Crippen LogP contribution in [0.1, 0.15) is 54.3 Å². The lowest BCUT2D eigenvalue weighted by Crippen LogP contribution is -2.38. The average Bonchev–Trinajstić information content (AvgIpc) is 2.55. The van der Waals surface area contributed by atoms with Gasteiger partial charge in [-0.05, 0) is 24.0 Å². The van der Waals surface area contributed by atoms with Gasteiger partial charge in [0, 0.05) is 6.54 Å². The summed E-state index contributed by atoms with van der Waals surface area (Å²) >= 11 is 0. The molecule has 2 amide bonds. The van der Waals surface area contributed by atoms with E-state index in [1.165, 1.54) is 4.90 Å². The number of fused-ring (bicyclic) bond motifs is 1. The molecule has 0 atom stereocenters. The van der Waals surface area contributed by atoms with Crippen molar-refractivity contribution in [3.05, 3.63) is 35.4 Å². The number of carbonyl (C=O) groups excluding carboxylic acids is 2. The smallest absolute Gasteiger partial charge is 0.261 e. The van der Waals surface area contributed by atoms with Crippen molar-refractivity contribution in [1.82, 2.24) is 4.90 Å². The molecule has 3 nitrogen and oxygen atoms in total. The molecule has 0 aliphatic carbocycles. The third-order valence-corrected chi connectivity index (χ3v) is 3.39. The summed E-state index contributed by atoms with van der Waals surface area (Å²) in [5, 5.41) is 0. The Balaban J connectivity index is 2.24. The number of hydrogen-bond acceptors (Lipinski definition) is 2. The SMILES string of the molecule is CCCC(C)(C)CN1C(=O)c2ccccc2C1=O. The van der Waals surface area contributed by atoms with Crippen molar-refractivity contribution in [2.75, 3.05) is 6.54 Å². The van der Waals surface area contributed by atoms with E-state index in [-0.39, 0.29) is 17.2 Å². The van der Waals surface area contributed by atoms with Gasteiger partial charge in [-0.2, -0.15) is 0 Å². The van der Waals surface area contributed by atoms with Crippen LogP contribution in [0.25, 0.3) is 0 Å². The van der Waals surface area contributed by atoms with Crippen molar-refractivity contribution in [3.63, 3.8) is 0 Å². The molecule has 0 fully saturated rings. The van der Waals surface area contributed by atoms with Gasteiger partial charge in [0.15, 0.2) is 0 Å². The first-order chi connectivity index (χ1) is 8.46. The summed E-state index contributed by atoms with van der Waals surface area (Å²) in [5.74, 6) is -0.306. The molecular formula is C15H19NO2. The van der Waals surface area contributed by atoms with Crippen LogP contribution in [-0.2, 0) is 0 Å². The van der Waals surface area contributed by atoms with Crippen LogP contribution in [0.2, 0.25) is 0 Å². The van der Waals surface area contributed by atoms with Crippen molar-refractivity contribution < 1.29 is 9.59 Å². The van der Waals surface area contributed by atoms with Gasteiger partial charge in [0.25, 0.3) is 11.8 Å². The zero-order valence-corrected chi connectivity index (χ0v) is 11.2. The minimum atomic E-state index is -0.153. The maximum Gasteiger partial charge on any atom is 0.261 e. The van der Waals surface area contributed by atoms with Gasteiger partial charge >= 0.3 is 0 Å². The summed E-state index contributed by atoms with van der Waals surface area (Å²) in [6, 6.07) is 7.04. The van der Waals surface area contributed by atoms with E-state index in [4.69, 9.17) is 0 Å². The highest BCUT2D eigenvalue weighted by Gasteiger charge is 2.37. The molecule has 3 heteroatoms. The molecule has 1 aromatic rings. The molecule has 0 bridgehead atoms. The van der Waals surface area contributed by atoms with E-state index in [9.17, 15) is 9.59 Å².